The molecule has 0 amide bonds. The van der Waals surface area contributed by atoms with Crippen molar-refractivity contribution in [1.29, 1.82) is 0 Å². The summed E-state index contributed by atoms with van der Waals surface area (Å²) >= 11 is 12.1. The van der Waals surface area contributed by atoms with Gasteiger partial charge in [-0.05, 0) is 23.9 Å². The van der Waals surface area contributed by atoms with Crippen molar-refractivity contribution in [2.24, 2.45) is 0 Å². The number of thioether (sulfide) groups is 1. The zero-order valence-electron chi connectivity index (χ0n) is 10.4. The van der Waals surface area contributed by atoms with Crippen LogP contribution in [0.3, 0.4) is 0 Å². The van der Waals surface area contributed by atoms with Gasteiger partial charge in [0.2, 0.25) is 0 Å². The first kappa shape index (κ1) is 15.9. The molecule has 0 spiro atoms. The fraction of sp³-hybridized carbons (Fsp3) is 0.250. The van der Waals surface area contributed by atoms with Crippen molar-refractivity contribution < 1.29 is 22.0 Å². The minimum absolute atomic E-state index is 0.0228. The summed E-state index contributed by atoms with van der Waals surface area (Å²) in [6, 6.07) is 1.44. The van der Waals surface area contributed by atoms with Crippen molar-refractivity contribution in [1.82, 2.24) is 9.78 Å². The molecule has 0 aliphatic carbocycles. The smallest absolute Gasteiger partial charge is 0.236 e. The Kier molecular flexibility index (Phi) is 3.61. The van der Waals surface area contributed by atoms with Gasteiger partial charge in [0.05, 0.1) is 32.6 Å². The molecule has 2 heterocycles. The standard InChI is InChI=1S/C12H5Cl2F5N2S/c13-6-1-5(12(17,18)19)2-7(14)10(6)21-4-9-8(20-21)3-11(15,16)22-9/h1-2,4H,3H2. The van der Waals surface area contributed by atoms with Gasteiger partial charge in [0.1, 0.15) is 5.69 Å². The van der Waals surface area contributed by atoms with Crippen LogP contribution in [-0.2, 0) is 12.6 Å². The Bertz CT molecular complexity index is 708. The monoisotopic (exact) mass is 374 g/mol. The fourth-order valence-electron chi connectivity index (χ4n) is 2.06. The Balaban J connectivity index is 2.04. The molecule has 3 rings (SSSR count). The number of benzene rings is 1. The van der Waals surface area contributed by atoms with E-state index in [0.717, 1.165) is 16.8 Å². The molecule has 2 nitrogen and oxygen atoms in total. The normalized spacial score (nSPS) is 16.9. The highest BCUT2D eigenvalue weighted by Crippen LogP contribution is 2.47. The van der Waals surface area contributed by atoms with Gasteiger partial charge in [-0.3, -0.25) is 0 Å². The van der Waals surface area contributed by atoms with E-state index in [9.17, 15) is 22.0 Å². The second-order valence-electron chi connectivity index (χ2n) is 4.59. The first-order chi connectivity index (χ1) is 10.1. The van der Waals surface area contributed by atoms with Crippen molar-refractivity contribution in [2.45, 2.75) is 22.7 Å². The maximum Gasteiger partial charge on any atom is 0.416 e. The SMILES string of the molecule is FC1(F)Cc2nn(-c3c(Cl)cc(C(F)(F)F)cc3Cl)cc2S1. The van der Waals surface area contributed by atoms with Crippen molar-refractivity contribution in [3.8, 4) is 5.69 Å². The lowest BCUT2D eigenvalue weighted by molar-refractivity contribution is -0.137. The van der Waals surface area contributed by atoms with Crippen LogP contribution in [0.1, 0.15) is 11.3 Å². The van der Waals surface area contributed by atoms with E-state index in [1.807, 2.05) is 0 Å². The van der Waals surface area contributed by atoms with Crippen LogP contribution in [0.5, 0.6) is 0 Å². The lowest BCUT2D eigenvalue weighted by atomic mass is 10.2. The summed E-state index contributed by atoms with van der Waals surface area (Å²) in [5.74, 6) is 0. The second kappa shape index (κ2) is 5.01. The zero-order chi connectivity index (χ0) is 16.3. The van der Waals surface area contributed by atoms with Gasteiger partial charge < -0.3 is 0 Å². The molecular weight excluding hydrogens is 370 g/mol. The molecule has 0 atom stereocenters. The zero-order valence-corrected chi connectivity index (χ0v) is 12.7. The third-order valence-corrected chi connectivity index (χ3v) is 4.54. The maximum absolute atomic E-state index is 13.2. The lowest BCUT2D eigenvalue weighted by Crippen LogP contribution is -2.10. The molecule has 1 aliphatic rings. The first-order valence-electron chi connectivity index (χ1n) is 5.79. The molecule has 1 aliphatic heterocycles. The summed E-state index contributed by atoms with van der Waals surface area (Å²) in [5, 5.41) is 0.478. The Morgan fingerprint density at radius 1 is 1.18 bits per heavy atom. The lowest BCUT2D eigenvalue weighted by Gasteiger charge is -2.12. The molecule has 10 heteroatoms. The number of halogens is 7. The second-order valence-corrected chi connectivity index (χ2v) is 6.64. The van der Waals surface area contributed by atoms with E-state index in [4.69, 9.17) is 23.2 Å². The third kappa shape index (κ3) is 2.79. The van der Waals surface area contributed by atoms with E-state index in [2.05, 4.69) is 5.10 Å². The summed E-state index contributed by atoms with van der Waals surface area (Å²) in [4.78, 5) is 0.247. The number of hydrogen-bond donors (Lipinski definition) is 0. The van der Waals surface area contributed by atoms with E-state index >= 15 is 0 Å². The molecule has 0 unspecified atom stereocenters. The molecule has 22 heavy (non-hydrogen) atoms. The van der Waals surface area contributed by atoms with Crippen LogP contribution < -0.4 is 0 Å². The molecule has 0 saturated heterocycles. The van der Waals surface area contributed by atoms with Crippen LogP contribution in [-0.4, -0.2) is 15.0 Å². The van der Waals surface area contributed by atoms with Crippen molar-refractivity contribution in [3.05, 3.63) is 39.6 Å². The van der Waals surface area contributed by atoms with E-state index in [1.54, 1.807) is 0 Å². The fourth-order valence-corrected chi connectivity index (χ4v) is 3.63. The number of alkyl halides is 5. The number of nitrogens with zero attached hydrogens (tertiary/aromatic N) is 2. The Morgan fingerprint density at radius 3 is 2.27 bits per heavy atom. The van der Waals surface area contributed by atoms with Gasteiger partial charge in [-0.25, -0.2) is 4.68 Å². The summed E-state index contributed by atoms with van der Waals surface area (Å²) in [6.07, 6.45) is -3.85. The number of aromatic nitrogens is 2. The molecule has 1 aromatic heterocycles. The quantitative estimate of drug-likeness (QED) is 0.618. The van der Waals surface area contributed by atoms with Crippen LogP contribution in [0, 0.1) is 0 Å². The van der Waals surface area contributed by atoms with Gasteiger partial charge in [0.25, 0.3) is 0 Å². The highest BCUT2D eigenvalue weighted by molar-refractivity contribution is 8.00. The van der Waals surface area contributed by atoms with Gasteiger partial charge in [-0.2, -0.15) is 27.1 Å². The van der Waals surface area contributed by atoms with Crippen LogP contribution in [0.25, 0.3) is 5.69 Å². The highest BCUT2D eigenvalue weighted by Gasteiger charge is 2.41. The number of hydrogen-bond acceptors (Lipinski definition) is 2. The van der Waals surface area contributed by atoms with Crippen LogP contribution in [0.15, 0.2) is 23.2 Å². The van der Waals surface area contributed by atoms with Gasteiger partial charge in [-0.1, -0.05) is 23.2 Å². The number of fused-ring (bicyclic) bond motifs is 1. The van der Waals surface area contributed by atoms with E-state index in [1.165, 1.54) is 6.20 Å². The van der Waals surface area contributed by atoms with Crippen LogP contribution in [0.4, 0.5) is 22.0 Å². The molecule has 118 valence electrons. The summed E-state index contributed by atoms with van der Waals surface area (Å²) in [5.41, 5.74) is -0.816. The van der Waals surface area contributed by atoms with Gasteiger partial charge in [0.15, 0.2) is 0 Å². The summed E-state index contributed by atoms with van der Waals surface area (Å²) in [6.45, 7) is 0. The molecule has 0 N–H and O–H groups in total. The van der Waals surface area contributed by atoms with E-state index in [0.29, 0.717) is 11.8 Å². The average Bonchev–Trinajstić information content (AvgIpc) is 2.79. The largest absolute Gasteiger partial charge is 0.416 e. The Labute approximate surface area is 135 Å². The van der Waals surface area contributed by atoms with Crippen LogP contribution in [0.2, 0.25) is 10.0 Å². The average molecular weight is 375 g/mol. The van der Waals surface area contributed by atoms with Crippen LogP contribution >= 0.6 is 35.0 Å². The van der Waals surface area contributed by atoms with Gasteiger partial charge >= 0.3 is 11.4 Å². The van der Waals surface area contributed by atoms with Crippen molar-refractivity contribution in [3.63, 3.8) is 0 Å². The Morgan fingerprint density at radius 2 is 1.77 bits per heavy atom. The molecule has 0 radical (unpaired) electrons. The summed E-state index contributed by atoms with van der Waals surface area (Å²) in [7, 11) is 0. The predicted molar refractivity (Wildman–Crippen MR) is 73.1 cm³/mol. The highest BCUT2D eigenvalue weighted by atomic mass is 35.5. The molecular formula is C12H5Cl2F5N2S. The van der Waals surface area contributed by atoms with E-state index in [-0.39, 0.29) is 26.3 Å². The minimum atomic E-state index is -4.59. The van der Waals surface area contributed by atoms with E-state index < -0.39 is 23.4 Å². The molecule has 0 saturated carbocycles. The Hall–Kier alpha value is -0.990. The van der Waals surface area contributed by atoms with Gasteiger partial charge in [-0.15, -0.1) is 0 Å². The topological polar surface area (TPSA) is 17.8 Å². The molecule has 2 aromatic rings. The van der Waals surface area contributed by atoms with Gasteiger partial charge in [0, 0.05) is 6.20 Å². The molecule has 0 bridgehead atoms. The first-order valence-corrected chi connectivity index (χ1v) is 7.36. The number of rotatable bonds is 1. The molecule has 1 aromatic carbocycles. The maximum atomic E-state index is 13.2. The predicted octanol–water partition coefficient (Wildman–Crippen LogP) is 5.44. The minimum Gasteiger partial charge on any atom is -0.236 e. The molecule has 0 fully saturated rings. The summed E-state index contributed by atoms with van der Waals surface area (Å²) < 4.78 is 65.5. The van der Waals surface area contributed by atoms with Crippen molar-refractivity contribution >= 4 is 35.0 Å². The van der Waals surface area contributed by atoms with Crippen molar-refractivity contribution in [2.75, 3.05) is 0 Å². The third-order valence-electron chi connectivity index (χ3n) is 2.96.